The Morgan fingerprint density at radius 3 is 2.85 bits per heavy atom. The predicted octanol–water partition coefficient (Wildman–Crippen LogP) is 3.63. The van der Waals surface area contributed by atoms with Gasteiger partial charge in [0.2, 0.25) is 0 Å². The van der Waals surface area contributed by atoms with E-state index in [1.807, 2.05) is 13.8 Å². The summed E-state index contributed by atoms with van der Waals surface area (Å²) in [5.74, 6) is 1.20. The zero-order valence-corrected chi connectivity index (χ0v) is 12.4. The van der Waals surface area contributed by atoms with E-state index >= 15 is 0 Å². The Hall–Kier alpha value is -1.95. The maximum atomic E-state index is 11.6. The van der Waals surface area contributed by atoms with Crippen molar-refractivity contribution in [1.29, 1.82) is 0 Å². The van der Waals surface area contributed by atoms with E-state index in [2.05, 4.69) is 9.36 Å². The molecule has 1 aromatic carbocycles. The highest BCUT2D eigenvalue weighted by atomic mass is 32.1. The first-order valence-corrected chi connectivity index (χ1v) is 7.16. The van der Waals surface area contributed by atoms with E-state index < -0.39 is 0 Å². The van der Waals surface area contributed by atoms with Crippen molar-refractivity contribution in [3.8, 4) is 10.9 Å². The van der Waals surface area contributed by atoms with Crippen molar-refractivity contribution in [2.75, 3.05) is 6.61 Å². The molecule has 0 radical (unpaired) electrons. The minimum absolute atomic E-state index is 0.259. The second-order valence-corrected chi connectivity index (χ2v) is 5.14. The molecule has 0 atom stereocenters. The molecule has 0 spiro atoms. The molecule has 0 saturated carbocycles. The van der Waals surface area contributed by atoms with Gasteiger partial charge in [-0.05, 0) is 25.1 Å². The number of hydrogen-bond donors (Lipinski definition) is 0. The topological polar surface area (TPSA) is 61.3 Å². The molecular weight excluding hydrogens is 276 g/mol. The number of rotatable bonds is 5. The standard InChI is InChI=1S/C14H16N2O3S/c1-4-18-13(17)10-6-5-7-11(8-10)19-14-15-12(9(2)3)16-20-14/h5-9H,4H2,1-3H3. The largest absolute Gasteiger partial charge is 0.462 e. The summed E-state index contributed by atoms with van der Waals surface area (Å²) in [4.78, 5) is 15.9. The zero-order valence-electron chi connectivity index (χ0n) is 11.6. The summed E-state index contributed by atoms with van der Waals surface area (Å²) in [7, 11) is 0. The van der Waals surface area contributed by atoms with Gasteiger partial charge in [-0.15, -0.1) is 0 Å². The molecule has 0 amide bonds. The molecule has 1 heterocycles. The number of ether oxygens (including phenoxy) is 2. The zero-order chi connectivity index (χ0) is 14.5. The molecule has 20 heavy (non-hydrogen) atoms. The van der Waals surface area contributed by atoms with Crippen LogP contribution in [-0.2, 0) is 4.74 Å². The van der Waals surface area contributed by atoms with Crippen LogP contribution in [0, 0.1) is 0 Å². The molecular formula is C14H16N2O3S. The molecule has 0 saturated heterocycles. The molecule has 0 unspecified atom stereocenters. The highest BCUT2D eigenvalue weighted by molar-refractivity contribution is 7.07. The lowest BCUT2D eigenvalue weighted by Crippen LogP contribution is -2.04. The predicted molar refractivity (Wildman–Crippen MR) is 76.5 cm³/mol. The maximum Gasteiger partial charge on any atom is 0.338 e. The molecule has 5 nitrogen and oxygen atoms in total. The molecule has 0 N–H and O–H groups in total. The minimum Gasteiger partial charge on any atom is -0.462 e. The molecule has 1 aromatic heterocycles. The SMILES string of the molecule is CCOC(=O)c1cccc(Oc2nc(C(C)C)ns2)c1. The Labute approximate surface area is 121 Å². The number of carbonyl (C=O) groups excluding carboxylic acids is 1. The van der Waals surface area contributed by atoms with Crippen LogP contribution in [0.5, 0.6) is 10.9 Å². The fourth-order valence-electron chi connectivity index (χ4n) is 1.50. The number of benzene rings is 1. The Kier molecular flexibility index (Phi) is 4.68. The van der Waals surface area contributed by atoms with Crippen LogP contribution in [0.2, 0.25) is 0 Å². The lowest BCUT2D eigenvalue weighted by molar-refractivity contribution is 0.0526. The van der Waals surface area contributed by atoms with Gasteiger partial charge in [-0.3, -0.25) is 0 Å². The number of carbonyl (C=O) groups is 1. The number of hydrogen-bond acceptors (Lipinski definition) is 6. The Morgan fingerprint density at radius 1 is 1.40 bits per heavy atom. The molecule has 0 aliphatic rings. The quantitative estimate of drug-likeness (QED) is 0.787. The van der Waals surface area contributed by atoms with Gasteiger partial charge in [-0.25, -0.2) is 4.79 Å². The van der Waals surface area contributed by atoms with E-state index in [9.17, 15) is 4.79 Å². The van der Waals surface area contributed by atoms with Crippen molar-refractivity contribution in [2.24, 2.45) is 0 Å². The summed E-state index contributed by atoms with van der Waals surface area (Å²) in [5, 5.41) is 0.467. The van der Waals surface area contributed by atoms with Crippen LogP contribution in [0.1, 0.15) is 42.9 Å². The minimum atomic E-state index is -0.363. The van der Waals surface area contributed by atoms with Crippen molar-refractivity contribution >= 4 is 17.5 Å². The van der Waals surface area contributed by atoms with Gasteiger partial charge >= 0.3 is 5.97 Å². The van der Waals surface area contributed by atoms with Crippen LogP contribution >= 0.6 is 11.5 Å². The summed E-state index contributed by atoms with van der Waals surface area (Å²) in [6.45, 7) is 6.16. The number of nitrogens with zero attached hydrogens (tertiary/aromatic N) is 2. The van der Waals surface area contributed by atoms with Gasteiger partial charge < -0.3 is 9.47 Å². The van der Waals surface area contributed by atoms with Crippen LogP contribution in [-0.4, -0.2) is 21.9 Å². The average Bonchev–Trinajstić information content (AvgIpc) is 2.88. The average molecular weight is 292 g/mol. The van der Waals surface area contributed by atoms with E-state index in [1.54, 1.807) is 31.2 Å². The van der Waals surface area contributed by atoms with Crippen LogP contribution in [0.25, 0.3) is 0 Å². The highest BCUT2D eigenvalue weighted by Gasteiger charge is 2.11. The smallest absolute Gasteiger partial charge is 0.338 e. The van der Waals surface area contributed by atoms with Gasteiger partial charge in [0.25, 0.3) is 5.19 Å². The van der Waals surface area contributed by atoms with Gasteiger partial charge in [0.15, 0.2) is 0 Å². The van der Waals surface area contributed by atoms with Crippen molar-refractivity contribution in [3.05, 3.63) is 35.7 Å². The monoisotopic (exact) mass is 292 g/mol. The van der Waals surface area contributed by atoms with Crippen molar-refractivity contribution in [1.82, 2.24) is 9.36 Å². The third kappa shape index (κ3) is 3.54. The Morgan fingerprint density at radius 2 is 2.20 bits per heavy atom. The van der Waals surface area contributed by atoms with E-state index in [-0.39, 0.29) is 11.9 Å². The summed E-state index contributed by atoms with van der Waals surface area (Å²) in [6, 6.07) is 6.82. The van der Waals surface area contributed by atoms with Crippen LogP contribution in [0.4, 0.5) is 0 Å². The molecule has 2 aromatic rings. The third-order valence-electron chi connectivity index (χ3n) is 2.49. The molecule has 0 bridgehead atoms. The first-order chi connectivity index (χ1) is 9.60. The molecule has 106 valence electrons. The number of aromatic nitrogens is 2. The summed E-state index contributed by atoms with van der Waals surface area (Å²) in [5.41, 5.74) is 0.456. The summed E-state index contributed by atoms with van der Waals surface area (Å²) >= 11 is 1.20. The third-order valence-corrected chi connectivity index (χ3v) is 3.10. The Balaban J connectivity index is 2.12. The van der Waals surface area contributed by atoms with Crippen molar-refractivity contribution in [2.45, 2.75) is 26.7 Å². The first-order valence-electron chi connectivity index (χ1n) is 6.38. The van der Waals surface area contributed by atoms with E-state index in [4.69, 9.17) is 9.47 Å². The van der Waals surface area contributed by atoms with E-state index in [0.29, 0.717) is 23.1 Å². The van der Waals surface area contributed by atoms with Gasteiger partial charge in [-0.2, -0.15) is 9.36 Å². The van der Waals surface area contributed by atoms with E-state index in [0.717, 1.165) is 5.82 Å². The molecule has 6 heteroatoms. The Bertz CT molecular complexity index is 596. The summed E-state index contributed by atoms with van der Waals surface area (Å²) < 4.78 is 14.8. The molecule has 0 aliphatic heterocycles. The fraction of sp³-hybridized carbons (Fsp3) is 0.357. The first kappa shape index (κ1) is 14.5. The van der Waals surface area contributed by atoms with Crippen molar-refractivity contribution < 1.29 is 14.3 Å². The van der Waals surface area contributed by atoms with E-state index in [1.165, 1.54) is 11.5 Å². The molecule has 0 fully saturated rings. The van der Waals surface area contributed by atoms with Gasteiger partial charge in [0.05, 0.1) is 12.2 Å². The van der Waals surface area contributed by atoms with Crippen LogP contribution in [0.3, 0.4) is 0 Å². The lowest BCUT2D eigenvalue weighted by atomic mass is 10.2. The highest BCUT2D eigenvalue weighted by Crippen LogP contribution is 2.26. The molecule has 2 rings (SSSR count). The molecule has 0 aliphatic carbocycles. The van der Waals surface area contributed by atoms with Gasteiger partial charge in [0, 0.05) is 17.5 Å². The van der Waals surface area contributed by atoms with Crippen LogP contribution < -0.4 is 4.74 Å². The van der Waals surface area contributed by atoms with Gasteiger partial charge in [-0.1, -0.05) is 19.9 Å². The van der Waals surface area contributed by atoms with Crippen LogP contribution in [0.15, 0.2) is 24.3 Å². The number of esters is 1. The fourth-order valence-corrected chi connectivity index (χ4v) is 2.19. The summed E-state index contributed by atoms with van der Waals surface area (Å²) in [6.07, 6.45) is 0. The van der Waals surface area contributed by atoms with Crippen molar-refractivity contribution in [3.63, 3.8) is 0 Å². The second-order valence-electron chi connectivity index (χ2n) is 4.42. The van der Waals surface area contributed by atoms with Gasteiger partial charge in [0.1, 0.15) is 11.6 Å². The normalized spacial score (nSPS) is 10.6. The lowest BCUT2D eigenvalue weighted by Gasteiger charge is -2.04. The second kappa shape index (κ2) is 6.47. The maximum absolute atomic E-state index is 11.6.